The number of carbonyl (C=O) groups excluding carboxylic acids is 1. The molecule has 7 nitrogen and oxygen atoms in total. The Kier molecular flexibility index (Phi) is 5.87. The molecular weight excluding hydrogens is 399 g/mol. The zero-order valence-electron chi connectivity index (χ0n) is 15.3. The van der Waals surface area contributed by atoms with Gasteiger partial charge in [-0.05, 0) is 44.0 Å². The van der Waals surface area contributed by atoms with Gasteiger partial charge in [-0.1, -0.05) is 0 Å². The van der Waals surface area contributed by atoms with Gasteiger partial charge in [0.25, 0.3) is 0 Å². The molecule has 3 rings (SSSR count). The van der Waals surface area contributed by atoms with E-state index in [4.69, 9.17) is 0 Å². The fraction of sp³-hybridized carbons (Fsp3) is 0.588. The highest BCUT2D eigenvalue weighted by atomic mass is 32.2. The summed E-state index contributed by atoms with van der Waals surface area (Å²) in [5.41, 5.74) is 0. The lowest BCUT2D eigenvalue weighted by atomic mass is 10.2. The van der Waals surface area contributed by atoms with Gasteiger partial charge in [0.2, 0.25) is 15.9 Å². The number of nitrogens with zero attached hydrogens (tertiary/aromatic N) is 2. The number of nitrogens with one attached hydrogen (secondary N) is 1. The highest BCUT2D eigenvalue weighted by Gasteiger charge is 2.34. The van der Waals surface area contributed by atoms with Crippen LogP contribution in [-0.2, 0) is 14.8 Å². The average molecular weight is 421 g/mol. The minimum atomic E-state index is -4.83. The summed E-state index contributed by atoms with van der Waals surface area (Å²) in [5.74, 6) is -0.536. The maximum atomic E-state index is 12.7. The van der Waals surface area contributed by atoms with Crippen LogP contribution in [0.1, 0.15) is 19.8 Å². The highest BCUT2D eigenvalue weighted by Crippen LogP contribution is 2.26. The second kappa shape index (κ2) is 7.88. The lowest BCUT2D eigenvalue weighted by Crippen LogP contribution is -2.55. The fourth-order valence-electron chi connectivity index (χ4n) is 3.01. The van der Waals surface area contributed by atoms with Gasteiger partial charge in [0.15, 0.2) is 0 Å². The van der Waals surface area contributed by atoms with Gasteiger partial charge in [-0.2, -0.15) is 4.31 Å². The van der Waals surface area contributed by atoms with E-state index in [0.717, 1.165) is 37.1 Å². The summed E-state index contributed by atoms with van der Waals surface area (Å²) in [6.07, 6.45) is -2.84. The van der Waals surface area contributed by atoms with Gasteiger partial charge in [0.1, 0.15) is 5.75 Å². The minimum Gasteiger partial charge on any atom is -0.406 e. The van der Waals surface area contributed by atoms with Crippen LogP contribution < -0.4 is 10.1 Å². The molecule has 28 heavy (non-hydrogen) atoms. The molecule has 1 heterocycles. The number of piperazine rings is 1. The molecule has 0 spiro atoms. The number of ether oxygens (including phenoxy) is 1. The van der Waals surface area contributed by atoms with Gasteiger partial charge in [0, 0.05) is 32.2 Å². The zero-order chi connectivity index (χ0) is 20.5. The van der Waals surface area contributed by atoms with Crippen LogP contribution >= 0.6 is 0 Å². The first-order valence-corrected chi connectivity index (χ1v) is 10.4. The van der Waals surface area contributed by atoms with E-state index in [1.165, 1.54) is 4.31 Å². The van der Waals surface area contributed by atoms with E-state index in [9.17, 15) is 26.4 Å². The molecule has 1 aromatic carbocycles. The number of alkyl halides is 3. The molecule has 1 aliphatic carbocycles. The predicted octanol–water partition coefficient (Wildman–Crippen LogP) is 1.56. The number of halogens is 3. The van der Waals surface area contributed by atoms with E-state index >= 15 is 0 Å². The molecule has 1 unspecified atom stereocenters. The molecule has 1 aromatic rings. The Morgan fingerprint density at radius 3 is 2.21 bits per heavy atom. The molecule has 1 N–H and O–H groups in total. The lowest BCUT2D eigenvalue weighted by molar-refractivity contribution is -0.274. The molecule has 1 atom stereocenters. The molecule has 11 heteroatoms. The molecule has 0 aromatic heterocycles. The minimum absolute atomic E-state index is 0.0564. The predicted molar refractivity (Wildman–Crippen MR) is 94.1 cm³/mol. The summed E-state index contributed by atoms with van der Waals surface area (Å²) in [5, 5.41) is 2.94. The first kappa shape index (κ1) is 20.9. The van der Waals surface area contributed by atoms with E-state index in [2.05, 4.69) is 10.1 Å². The molecule has 1 saturated carbocycles. The Balaban J connectivity index is 1.58. The van der Waals surface area contributed by atoms with E-state index in [1.54, 1.807) is 6.92 Å². The van der Waals surface area contributed by atoms with Crippen molar-refractivity contribution >= 4 is 15.9 Å². The Morgan fingerprint density at radius 1 is 1.14 bits per heavy atom. The third kappa shape index (κ3) is 5.15. The third-order valence-electron chi connectivity index (χ3n) is 4.82. The van der Waals surface area contributed by atoms with Gasteiger partial charge in [0.05, 0.1) is 10.9 Å². The summed E-state index contributed by atoms with van der Waals surface area (Å²) in [6, 6.07) is 4.05. The van der Waals surface area contributed by atoms with Crippen LogP contribution in [0.5, 0.6) is 5.75 Å². The van der Waals surface area contributed by atoms with Crippen LogP contribution in [0.25, 0.3) is 0 Å². The average Bonchev–Trinajstić information content (AvgIpc) is 3.44. The topological polar surface area (TPSA) is 79.0 Å². The summed E-state index contributed by atoms with van der Waals surface area (Å²) < 4.78 is 67.1. The number of carbonyl (C=O) groups is 1. The molecule has 1 amide bonds. The quantitative estimate of drug-likeness (QED) is 0.754. The Bertz CT molecular complexity index is 802. The standard InChI is InChI=1S/C17H22F3N3O4S/c1-12(16(24)21-13-2-3-13)22-8-10-23(11-9-22)28(25,26)15-6-4-14(5-7-15)27-17(18,19)20/h4-7,12-13H,2-3,8-11H2,1H3,(H,21,24). The maximum absolute atomic E-state index is 12.7. The van der Waals surface area contributed by atoms with Crippen molar-refractivity contribution in [3.63, 3.8) is 0 Å². The van der Waals surface area contributed by atoms with E-state index in [-0.39, 0.29) is 36.0 Å². The normalized spacial score (nSPS) is 20.6. The molecule has 2 fully saturated rings. The number of sulfonamides is 1. The number of amides is 1. The van der Waals surface area contributed by atoms with E-state index in [1.807, 2.05) is 4.90 Å². The largest absolute Gasteiger partial charge is 0.573 e. The number of hydrogen-bond donors (Lipinski definition) is 1. The van der Waals surface area contributed by atoms with Crippen molar-refractivity contribution in [1.82, 2.24) is 14.5 Å². The van der Waals surface area contributed by atoms with Gasteiger partial charge in [-0.15, -0.1) is 13.2 Å². The summed E-state index contributed by atoms with van der Waals surface area (Å²) in [7, 11) is -3.83. The second-order valence-corrected chi connectivity index (χ2v) is 8.86. The number of benzene rings is 1. The van der Waals surface area contributed by atoms with E-state index in [0.29, 0.717) is 13.1 Å². The molecule has 1 aliphatic heterocycles. The highest BCUT2D eigenvalue weighted by molar-refractivity contribution is 7.89. The number of rotatable bonds is 6. The van der Waals surface area contributed by atoms with Crippen LogP contribution in [-0.4, -0.2) is 68.2 Å². The molecule has 2 aliphatic rings. The van der Waals surface area contributed by atoms with E-state index < -0.39 is 22.1 Å². The molecule has 156 valence electrons. The monoisotopic (exact) mass is 421 g/mol. The number of hydrogen-bond acceptors (Lipinski definition) is 5. The Labute approximate surface area is 161 Å². The van der Waals surface area contributed by atoms with Gasteiger partial charge >= 0.3 is 6.36 Å². The first-order chi connectivity index (χ1) is 13.1. The molecule has 0 bridgehead atoms. The van der Waals surface area contributed by atoms with Crippen LogP contribution in [0.15, 0.2) is 29.2 Å². The van der Waals surface area contributed by atoms with Crippen molar-refractivity contribution in [2.24, 2.45) is 0 Å². The summed E-state index contributed by atoms with van der Waals surface area (Å²) in [6.45, 7) is 2.98. The van der Waals surface area contributed by atoms with Crippen LogP contribution in [0, 0.1) is 0 Å². The smallest absolute Gasteiger partial charge is 0.406 e. The third-order valence-corrected chi connectivity index (χ3v) is 6.73. The Hall–Kier alpha value is -1.85. The molecular formula is C17H22F3N3O4S. The Morgan fingerprint density at radius 2 is 1.71 bits per heavy atom. The summed E-state index contributed by atoms with van der Waals surface area (Å²) in [4.78, 5) is 14.0. The zero-order valence-corrected chi connectivity index (χ0v) is 16.1. The van der Waals surface area contributed by atoms with Gasteiger partial charge in [-0.3, -0.25) is 9.69 Å². The molecule has 1 saturated heterocycles. The van der Waals surface area contributed by atoms with Gasteiger partial charge < -0.3 is 10.1 Å². The first-order valence-electron chi connectivity index (χ1n) is 8.97. The maximum Gasteiger partial charge on any atom is 0.573 e. The van der Waals surface area contributed by atoms with Crippen molar-refractivity contribution < 1.29 is 31.1 Å². The fourth-order valence-corrected chi connectivity index (χ4v) is 4.43. The molecule has 0 radical (unpaired) electrons. The van der Waals surface area contributed by atoms with Crippen LogP contribution in [0.2, 0.25) is 0 Å². The van der Waals surface area contributed by atoms with Crippen LogP contribution in [0.4, 0.5) is 13.2 Å². The van der Waals surface area contributed by atoms with Crippen molar-refractivity contribution in [3.05, 3.63) is 24.3 Å². The van der Waals surface area contributed by atoms with Crippen molar-refractivity contribution in [2.45, 2.75) is 43.1 Å². The van der Waals surface area contributed by atoms with Crippen molar-refractivity contribution in [2.75, 3.05) is 26.2 Å². The SMILES string of the molecule is CC(C(=O)NC1CC1)N1CCN(S(=O)(=O)c2ccc(OC(F)(F)F)cc2)CC1. The van der Waals surface area contributed by atoms with Crippen molar-refractivity contribution in [1.29, 1.82) is 0 Å². The summed E-state index contributed by atoms with van der Waals surface area (Å²) >= 11 is 0. The van der Waals surface area contributed by atoms with Gasteiger partial charge in [-0.25, -0.2) is 8.42 Å². The van der Waals surface area contributed by atoms with Crippen molar-refractivity contribution in [3.8, 4) is 5.75 Å². The second-order valence-electron chi connectivity index (χ2n) is 6.92. The lowest BCUT2D eigenvalue weighted by Gasteiger charge is -2.36. The van der Waals surface area contributed by atoms with Crippen LogP contribution in [0.3, 0.4) is 0 Å².